The van der Waals surface area contributed by atoms with Crippen LogP contribution in [0.5, 0.6) is 0 Å². The van der Waals surface area contributed by atoms with Crippen molar-refractivity contribution >= 4 is 17.5 Å². The van der Waals surface area contributed by atoms with E-state index in [1.54, 1.807) is 0 Å². The summed E-state index contributed by atoms with van der Waals surface area (Å²) in [6.07, 6.45) is 2.18. The van der Waals surface area contributed by atoms with Crippen LogP contribution >= 0.6 is 0 Å². The third kappa shape index (κ3) is 2.48. The minimum atomic E-state index is -0.457. The number of nitrogens with zero attached hydrogens (tertiary/aromatic N) is 3. The second-order valence-electron chi connectivity index (χ2n) is 5.90. The van der Waals surface area contributed by atoms with E-state index in [-0.39, 0.29) is 18.2 Å². The van der Waals surface area contributed by atoms with Gasteiger partial charge in [0.25, 0.3) is 0 Å². The molecule has 0 unspecified atom stereocenters. The van der Waals surface area contributed by atoms with Crippen molar-refractivity contribution in [2.45, 2.75) is 38.3 Å². The zero-order chi connectivity index (χ0) is 15.8. The molecule has 2 N–H and O–H groups in total. The van der Waals surface area contributed by atoms with Gasteiger partial charge in [-0.25, -0.2) is 0 Å². The first kappa shape index (κ1) is 13.9. The van der Waals surface area contributed by atoms with Crippen LogP contribution in [-0.4, -0.2) is 26.6 Å². The molecule has 2 aromatic rings. The Morgan fingerprint density at radius 3 is 3.13 bits per heavy atom. The number of aromatic nitrogens is 3. The molecule has 0 aliphatic carbocycles. The zero-order valence-electron chi connectivity index (χ0n) is 12.6. The number of carbonyl (C=O) groups excluding carboxylic acids is 2. The van der Waals surface area contributed by atoms with Gasteiger partial charge < -0.3 is 15.2 Å². The summed E-state index contributed by atoms with van der Waals surface area (Å²) in [7, 11) is 0. The molecule has 4 rings (SSSR count). The van der Waals surface area contributed by atoms with E-state index in [0.29, 0.717) is 12.2 Å². The molecule has 23 heavy (non-hydrogen) atoms. The van der Waals surface area contributed by atoms with Gasteiger partial charge in [0.05, 0.1) is 12.5 Å². The molecule has 3 heterocycles. The number of carbonyl (C=O) groups is 2. The number of hydrogen-bond acceptors (Lipinski definition) is 4. The highest BCUT2D eigenvalue weighted by atomic mass is 16.2. The molecule has 2 aliphatic heterocycles. The highest BCUT2D eigenvalue weighted by molar-refractivity contribution is 6.01. The zero-order valence-corrected chi connectivity index (χ0v) is 12.6. The summed E-state index contributed by atoms with van der Waals surface area (Å²) in [6.45, 7) is 1.24. The van der Waals surface area contributed by atoms with Crippen molar-refractivity contribution in [3.63, 3.8) is 0 Å². The van der Waals surface area contributed by atoms with Gasteiger partial charge in [0.15, 0.2) is 5.82 Å². The van der Waals surface area contributed by atoms with Crippen LogP contribution in [0.3, 0.4) is 0 Å². The van der Waals surface area contributed by atoms with E-state index < -0.39 is 5.92 Å². The number of para-hydroxylation sites is 1. The van der Waals surface area contributed by atoms with E-state index in [0.717, 1.165) is 36.6 Å². The van der Waals surface area contributed by atoms with Crippen LogP contribution in [0.4, 0.5) is 5.69 Å². The molecule has 118 valence electrons. The van der Waals surface area contributed by atoms with E-state index >= 15 is 0 Å². The smallest absolute Gasteiger partial charge is 0.228 e. The molecule has 7 heteroatoms. The monoisotopic (exact) mass is 311 g/mol. The molecule has 1 aromatic heterocycles. The fourth-order valence-electron chi connectivity index (χ4n) is 3.28. The maximum absolute atomic E-state index is 12.6. The number of benzene rings is 1. The van der Waals surface area contributed by atoms with E-state index in [9.17, 15) is 9.59 Å². The summed E-state index contributed by atoms with van der Waals surface area (Å²) in [5, 5.41) is 14.0. The van der Waals surface area contributed by atoms with Crippen molar-refractivity contribution in [1.82, 2.24) is 20.1 Å². The van der Waals surface area contributed by atoms with Gasteiger partial charge in [-0.15, -0.1) is 10.2 Å². The Morgan fingerprint density at radius 1 is 1.35 bits per heavy atom. The molecule has 0 saturated heterocycles. The van der Waals surface area contributed by atoms with E-state index in [2.05, 4.69) is 25.4 Å². The fourth-order valence-corrected chi connectivity index (χ4v) is 3.28. The molecule has 2 aliphatic rings. The number of fused-ring (bicyclic) bond motifs is 2. The summed E-state index contributed by atoms with van der Waals surface area (Å²) < 4.78 is 2.06. The lowest BCUT2D eigenvalue weighted by molar-refractivity contribution is -0.126. The van der Waals surface area contributed by atoms with Gasteiger partial charge in [0.2, 0.25) is 11.8 Å². The Balaban J connectivity index is 1.50. The molecule has 1 aromatic carbocycles. The first-order valence-electron chi connectivity index (χ1n) is 7.80. The Morgan fingerprint density at radius 2 is 2.22 bits per heavy atom. The molecule has 0 radical (unpaired) electrons. The summed E-state index contributed by atoms with van der Waals surface area (Å²) in [4.78, 5) is 24.4. The maximum atomic E-state index is 12.6. The summed E-state index contributed by atoms with van der Waals surface area (Å²) >= 11 is 0. The quantitative estimate of drug-likeness (QED) is 0.884. The van der Waals surface area contributed by atoms with Crippen molar-refractivity contribution in [1.29, 1.82) is 0 Å². The number of nitrogens with one attached hydrogen (secondary N) is 2. The summed E-state index contributed by atoms with van der Waals surface area (Å²) in [6, 6.07) is 7.42. The highest BCUT2D eigenvalue weighted by Gasteiger charge is 2.30. The first-order chi connectivity index (χ1) is 11.2. The van der Waals surface area contributed by atoms with Crippen molar-refractivity contribution in [2.75, 3.05) is 5.32 Å². The van der Waals surface area contributed by atoms with Crippen molar-refractivity contribution < 1.29 is 9.59 Å². The number of anilines is 1. The van der Waals surface area contributed by atoms with Gasteiger partial charge in [0.1, 0.15) is 5.82 Å². The van der Waals surface area contributed by atoms with Crippen molar-refractivity contribution in [3.05, 3.63) is 41.5 Å². The van der Waals surface area contributed by atoms with Crippen molar-refractivity contribution in [3.8, 4) is 0 Å². The normalized spacial score (nSPS) is 19.0. The highest BCUT2D eigenvalue weighted by Crippen LogP contribution is 2.32. The molecule has 2 amide bonds. The maximum Gasteiger partial charge on any atom is 0.228 e. The average molecular weight is 311 g/mol. The lowest BCUT2D eigenvalue weighted by atomic mass is 9.90. The van der Waals surface area contributed by atoms with Gasteiger partial charge >= 0.3 is 0 Å². The summed E-state index contributed by atoms with van der Waals surface area (Å²) in [5.74, 6) is 1.02. The van der Waals surface area contributed by atoms with E-state index in [4.69, 9.17) is 0 Å². The largest absolute Gasteiger partial charge is 0.348 e. The molecular weight excluding hydrogens is 294 g/mol. The van der Waals surface area contributed by atoms with Crippen LogP contribution in [0.25, 0.3) is 0 Å². The minimum absolute atomic E-state index is 0.132. The van der Waals surface area contributed by atoms with Gasteiger partial charge in [-0.2, -0.15) is 0 Å². The van der Waals surface area contributed by atoms with Crippen molar-refractivity contribution in [2.24, 2.45) is 0 Å². The Bertz CT molecular complexity index is 783. The average Bonchev–Trinajstić information content (AvgIpc) is 3.15. The van der Waals surface area contributed by atoms with Gasteiger partial charge in [0, 0.05) is 25.1 Å². The Hall–Kier alpha value is -2.70. The summed E-state index contributed by atoms with van der Waals surface area (Å²) in [5.41, 5.74) is 1.57. The van der Waals surface area contributed by atoms with Gasteiger partial charge in [-0.05, 0) is 18.1 Å². The first-order valence-corrected chi connectivity index (χ1v) is 7.80. The molecule has 0 fully saturated rings. The van der Waals surface area contributed by atoms with Crippen LogP contribution < -0.4 is 10.6 Å². The van der Waals surface area contributed by atoms with Crippen LogP contribution in [-0.2, 0) is 29.1 Å². The predicted octanol–water partition coefficient (Wildman–Crippen LogP) is 0.966. The standard InChI is InChI=1S/C16H17N5O2/c22-15-8-11(10-4-1-2-5-12(10)18-15)16(23)17-9-14-20-19-13-6-3-7-21(13)14/h1-2,4-5,11H,3,6-9H2,(H,17,23)(H,18,22)/t11-/m0/s1. The third-order valence-corrected chi connectivity index (χ3v) is 4.42. The number of aryl methyl sites for hydroxylation is 1. The third-order valence-electron chi connectivity index (χ3n) is 4.42. The lowest BCUT2D eigenvalue weighted by Gasteiger charge is -2.24. The van der Waals surface area contributed by atoms with Crippen LogP contribution in [0.1, 0.15) is 36.0 Å². The van der Waals surface area contributed by atoms with E-state index in [1.165, 1.54) is 0 Å². The molecule has 7 nitrogen and oxygen atoms in total. The second kappa shape index (κ2) is 5.49. The van der Waals surface area contributed by atoms with Crippen LogP contribution in [0.2, 0.25) is 0 Å². The molecule has 0 saturated carbocycles. The topological polar surface area (TPSA) is 88.9 Å². The molecule has 1 atom stereocenters. The predicted molar refractivity (Wildman–Crippen MR) is 82.6 cm³/mol. The van der Waals surface area contributed by atoms with Crippen LogP contribution in [0, 0.1) is 0 Å². The van der Waals surface area contributed by atoms with Gasteiger partial charge in [-0.1, -0.05) is 18.2 Å². The minimum Gasteiger partial charge on any atom is -0.348 e. The molecular formula is C16H17N5O2. The molecule has 0 spiro atoms. The fraction of sp³-hybridized carbons (Fsp3) is 0.375. The SMILES string of the molecule is O=C1C[C@H](C(=O)NCc2nnc3n2CCC3)c2ccccc2N1. The lowest BCUT2D eigenvalue weighted by Crippen LogP contribution is -2.35. The van der Waals surface area contributed by atoms with E-state index in [1.807, 2.05) is 24.3 Å². The van der Waals surface area contributed by atoms with Crippen LogP contribution in [0.15, 0.2) is 24.3 Å². The number of hydrogen-bond donors (Lipinski definition) is 2. The second-order valence-corrected chi connectivity index (χ2v) is 5.90. The van der Waals surface area contributed by atoms with Gasteiger partial charge in [-0.3, -0.25) is 9.59 Å². The number of rotatable bonds is 3. The number of amides is 2. The Labute approximate surface area is 133 Å². The Kier molecular flexibility index (Phi) is 3.33. The molecule has 0 bridgehead atoms.